The van der Waals surface area contributed by atoms with Gasteiger partial charge in [0.15, 0.2) is 11.5 Å². The molecule has 0 heterocycles. The molecule has 0 radical (unpaired) electrons. The Morgan fingerprint density at radius 2 is 1.69 bits per heavy atom. The maximum absolute atomic E-state index is 10.1. The quantitative estimate of drug-likeness (QED) is 0.525. The molecule has 4 nitrogen and oxygen atoms in total. The van der Waals surface area contributed by atoms with Crippen molar-refractivity contribution in [3.05, 3.63) is 59.7 Å². The molecule has 0 fully saturated rings. The van der Waals surface area contributed by atoms with Crippen LogP contribution in [0.25, 0.3) is 0 Å². The third kappa shape index (κ3) is 5.74. The maximum atomic E-state index is 10.1. The second kappa shape index (κ2) is 10.9. The van der Waals surface area contributed by atoms with E-state index in [1.807, 2.05) is 36.4 Å². The van der Waals surface area contributed by atoms with Crippen molar-refractivity contribution in [3.8, 4) is 17.6 Å². The van der Waals surface area contributed by atoms with E-state index >= 15 is 0 Å². The van der Waals surface area contributed by atoms with Crippen molar-refractivity contribution in [2.24, 2.45) is 5.92 Å². The largest absolute Gasteiger partial charge is 0.493 e. The van der Waals surface area contributed by atoms with Gasteiger partial charge in [-0.3, -0.25) is 0 Å². The predicted molar refractivity (Wildman–Crippen MR) is 119 cm³/mol. The number of benzene rings is 2. The lowest BCUT2D eigenvalue weighted by molar-refractivity contribution is 0.222. The number of hydrogen-bond acceptors (Lipinski definition) is 4. The van der Waals surface area contributed by atoms with Crippen LogP contribution in [0.15, 0.2) is 48.5 Å². The van der Waals surface area contributed by atoms with Crippen LogP contribution < -0.4 is 9.47 Å². The van der Waals surface area contributed by atoms with Crippen LogP contribution in [-0.2, 0) is 5.41 Å². The van der Waals surface area contributed by atoms with Crippen molar-refractivity contribution in [2.45, 2.75) is 39.0 Å². The molecule has 0 spiro atoms. The Balaban J connectivity index is 1.89. The molecule has 2 aromatic carbocycles. The van der Waals surface area contributed by atoms with E-state index in [0.29, 0.717) is 6.61 Å². The predicted octanol–water partition coefficient (Wildman–Crippen LogP) is 5.21. The molecule has 0 aliphatic rings. The Morgan fingerprint density at radius 1 is 1.03 bits per heavy atom. The van der Waals surface area contributed by atoms with Gasteiger partial charge in [0.05, 0.1) is 18.6 Å². The Bertz CT molecular complexity index is 812. The van der Waals surface area contributed by atoms with Crippen LogP contribution in [-0.4, -0.2) is 38.8 Å². The second-order valence-electron chi connectivity index (χ2n) is 7.96. The van der Waals surface area contributed by atoms with Gasteiger partial charge >= 0.3 is 0 Å². The van der Waals surface area contributed by atoms with Crippen LogP contribution in [0.1, 0.15) is 37.8 Å². The number of nitriles is 1. The van der Waals surface area contributed by atoms with Crippen LogP contribution >= 0.6 is 0 Å². The Hall–Kier alpha value is -2.51. The van der Waals surface area contributed by atoms with Crippen molar-refractivity contribution in [1.82, 2.24) is 4.90 Å². The van der Waals surface area contributed by atoms with Gasteiger partial charge in [0.2, 0.25) is 0 Å². The minimum Gasteiger partial charge on any atom is -0.493 e. The van der Waals surface area contributed by atoms with Gasteiger partial charge in [0.1, 0.15) is 6.61 Å². The molecule has 0 amide bonds. The number of methoxy groups -OCH3 is 1. The normalized spacial score (nSPS) is 13.2. The lowest BCUT2D eigenvalue weighted by Crippen LogP contribution is -2.33. The Labute approximate surface area is 176 Å². The topological polar surface area (TPSA) is 45.5 Å². The number of para-hydroxylation sites is 2. The molecule has 0 saturated carbocycles. The zero-order valence-electron chi connectivity index (χ0n) is 18.4. The number of aryl methyl sites for hydroxylation is 1. The number of likely N-dealkylation sites (N-methyl/N-ethyl adjacent to an activating group) is 1. The first-order chi connectivity index (χ1) is 13.9. The average molecular weight is 395 g/mol. The van der Waals surface area contributed by atoms with E-state index in [-0.39, 0.29) is 5.92 Å². The smallest absolute Gasteiger partial charge is 0.161 e. The van der Waals surface area contributed by atoms with Crippen molar-refractivity contribution >= 4 is 0 Å². The number of nitrogens with zero attached hydrogens (tertiary/aromatic N) is 2. The van der Waals surface area contributed by atoms with Crippen molar-refractivity contribution < 1.29 is 9.47 Å². The van der Waals surface area contributed by atoms with Crippen LogP contribution in [0, 0.1) is 24.2 Å². The first-order valence-corrected chi connectivity index (χ1v) is 10.4. The molecular weight excluding hydrogens is 360 g/mol. The lowest BCUT2D eigenvalue weighted by Gasteiger charge is -2.33. The molecule has 0 aliphatic carbocycles. The van der Waals surface area contributed by atoms with Gasteiger partial charge in [0.25, 0.3) is 0 Å². The summed E-state index contributed by atoms with van der Waals surface area (Å²) in [5.74, 6) is 1.78. The molecule has 0 unspecified atom stereocenters. The van der Waals surface area contributed by atoms with Gasteiger partial charge in [-0.05, 0) is 62.5 Å². The van der Waals surface area contributed by atoms with Gasteiger partial charge in [-0.2, -0.15) is 5.26 Å². The Morgan fingerprint density at radius 3 is 2.31 bits per heavy atom. The van der Waals surface area contributed by atoms with Gasteiger partial charge in [-0.1, -0.05) is 50.2 Å². The summed E-state index contributed by atoms with van der Waals surface area (Å²) in [6.07, 6.45) is 1.81. The van der Waals surface area contributed by atoms with Crippen LogP contribution in [0.2, 0.25) is 0 Å². The maximum Gasteiger partial charge on any atom is 0.161 e. The monoisotopic (exact) mass is 394 g/mol. The average Bonchev–Trinajstić information content (AvgIpc) is 2.72. The molecule has 0 aromatic heterocycles. The summed E-state index contributed by atoms with van der Waals surface area (Å²) in [5, 5.41) is 10.1. The molecule has 1 atom stereocenters. The lowest BCUT2D eigenvalue weighted by atomic mass is 9.68. The van der Waals surface area contributed by atoms with E-state index < -0.39 is 5.41 Å². The van der Waals surface area contributed by atoms with E-state index in [1.54, 1.807) is 7.11 Å². The molecule has 0 bridgehead atoms. The highest BCUT2D eigenvalue weighted by Gasteiger charge is 2.36. The van der Waals surface area contributed by atoms with Crippen LogP contribution in [0.5, 0.6) is 11.5 Å². The van der Waals surface area contributed by atoms with Gasteiger partial charge in [-0.25, -0.2) is 0 Å². The van der Waals surface area contributed by atoms with Crippen LogP contribution in [0.3, 0.4) is 0 Å². The number of rotatable bonds is 11. The molecule has 156 valence electrons. The van der Waals surface area contributed by atoms with Crippen molar-refractivity contribution in [2.75, 3.05) is 33.9 Å². The molecular formula is C25H34N2O2. The summed E-state index contributed by atoms with van der Waals surface area (Å²) in [5.41, 5.74) is 1.92. The fourth-order valence-electron chi connectivity index (χ4n) is 3.84. The zero-order valence-corrected chi connectivity index (χ0v) is 18.4. The summed E-state index contributed by atoms with van der Waals surface area (Å²) in [7, 11) is 3.75. The summed E-state index contributed by atoms with van der Waals surface area (Å²) in [4.78, 5) is 2.26. The SMILES string of the molecule is COc1ccccc1OCCN(C)CCC[C@@](C#N)(c1ccccc1C)C(C)C. The fraction of sp³-hybridized carbons (Fsp3) is 0.480. The molecule has 0 saturated heterocycles. The molecule has 0 N–H and O–H groups in total. The first kappa shape index (κ1) is 22.8. The highest BCUT2D eigenvalue weighted by Crippen LogP contribution is 2.38. The summed E-state index contributed by atoms with van der Waals surface area (Å²) in [6.45, 7) is 8.76. The highest BCUT2D eigenvalue weighted by molar-refractivity contribution is 5.40. The highest BCUT2D eigenvalue weighted by atomic mass is 16.5. The Kier molecular flexibility index (Phi) is 8.54. The summed E-state index contributed by atoms with van der Waals surface area (Å²) in [6, 6.07) is 18.7. The zero-order chi connectivity index (χ0) is 21.3. The molecule has 2 aromatic rings. The third-order valence-corrected chi connectivity index (χ3v) is 5.72. The van der Waals surface area contributed by atoms with Gasteiger partial charge in [-0.15, -0.1) is 0 Å². The number of hydrogen-bond donors (Lipinski definition) is 0. The number of ether oxygens (including phenoxy) is 2. The van der Waals surface area contributed by atoms with E-state index in [2.05, 4.69) is 50.9 Å². The fourth-order valence-corrected chi connectivity index (χ4v) is 3.84. The van der Waals surface area contributed by atoms with E-state index in [4.69, 9.17) is 9.47 Å². The minimum absolute atomic E-state index is 0.257. The van der Waals surface area contributed by atoms with Crippen LogP contribution in [0.4, 0.5) is 0 Å². The van der Waals surface area contributed by atoms with Crippen molar-refractivity contribution in [3.63, 3.8) is 0 Å². The van der Waals surface area contributed by atoms with Gasteiger partial charge in [0, 0.05) is 6.54 Å². The third-order valence-electron chi connectivity index (χ3n) is 5.72. The second-order valence-corrected chi connectivity index (χ2v) is 7.96. The molecule has 0 aliphatic heterocycles. The van der Waals surface area contributed by atoms with E-state index in [1.165, 1.54) is 11.1 Å². The summed E-state index contributed by atoms with van der Waals surface area (Å²) < 4.78 is 11.2. The first-order valence-electron chi connectivity index (χ1n) is 10.4. The minimum atomic E-state index is -0.444. The van der Waals surface area contributed by atoms with E-state index in [0.717, 1.165) is 37.4 Å². The molecule has 29 heavy (non-hydrogen) atoms. The van der Waals surface area contributed by atoms with Gasteiger partial charge < -0.3 is 14.4 Å². The van der Waals surface area contributed by atoms with Crippen molar-refractivity contribution in [1.29, 1.82) is 5.26 Å². The summed E-state index contributed by atoms with van der Waals surface area (Å²) >= 11 is 0. The van der Waals surface area contributed by atoms with E-state index in [9.17, 15) is 5.26 Å². The molecule has 2 rings (SSSR count). The standard InChI is InChI=1S/C25H34N2O2/c1-20(2)25(19-26,22-12-7-6-11-21(22)3)15-10-16-27(4)17-18-29-24-14-9-8-13-23(24)28-5/h6-9,11-14,20H,10,15-18H2,1-5H3/t25-/m0/s1. The molecule has 4 heteroatoms.